The van der Waals surface area contributed by atoms with Crippen LogP contribution in [0.5, 0.6) is 5.75 Å². The van der Waals surface area contributed by atoms with Gasteiger partial charge in [-0.05, 0) is 36.0 Å². The second-order valence-corrected chi connectivity index (χ2v) is 5.38. The van der Waals surface area contributed by atoms with Crippen molar-refractivity contribution in [1.82, 2.24) is 9.97 Å². The van der Waals surface area contributed by atoms with E-state index in [2.05, 4.69) is 14.7 Å². The average Bonchev–Trinajstić information content (AvgIpc) is 2.46. The molecule has 0 atom stereocenters. The number of benzene rings is 2. The number of ether oxygens (including phenoxy) is 1. The van der Waals surface area contributed by atoms with Gasteiger partial charge in [0.25, 0.3) is 0 Å². The topological polar surface area (TPSA) is 35.0 Å². The number of aromatic nitrogens is 2. The molecule has 0 spiro atoms. The van der Waals surface area contributed by atoms with Crippen molar-refractivity contribution in [2.24, 2.45) is 0 Å². The second-order valence-electron chi connectivity index (χ2n) is 4.34. The van der Waals surface area contributed by atoms with Crippen molar-refractivity contribution < 1.29 is 17.9 Å². The van der Waals surface area contributed by atoms with Gasteiger partial charge in [0.2, 0.25) is 0 Å². The number of fused-ring (bicyclic) bond motifs is 1. The van der Waals surface area contributed by atoms with Crippen LogP contribution in [0.3, 0.4) is 0 Å². The van der Waals surface area contributed by atoms with Crippen LogP contribution in [0.25, 0.3) is 10.9 Å². The van der Waals surface area contributed by atoms with E-state index in [1.807, 2.05) is 24.3 Å². The molecule has 0 aliphatic heterocycles. The summed E-state index contributed by atoms with van der Waals surface area (Å²) in [6, 6.07) is 13.2. The summed E-state index contributed by atoms with van der Waals surface area (Å²) in [5.41, 5.74) is 0.780. The van der Waals surface area contributed by atoms with Gasteiger partial charge in [0.1, 0.15) is 5.75 Å². The fraction of sp³-hybridized carbons (Fsp3) is 0.0667. The summed E-state index contributed by atoms with van der Waals surface area (Å²) in [5, 5.41) is 1.36. The molecule has 0 aliphatic carbocycles. The van der Waals surface area contributed by atoms with Crippen LogP contribution in [0, 0.1) is 0 Å². The van der Waals surface area contributed by atoms with Crippen LogP contribution in [-0.4, -0.2) is 16.3 Å². The largest absolute Gasteiger partial charge is 0.573 e. The maximum atomic E-state index is 12.2. The first-order valence-corrected chi connectivity index (χ1v) is 7.07. The lowest BCUT2D eigenvalue weighted by Gasteiger charge is -2.09. The van der Waals surface area contributed by atoms with Gasteiger partial charge in [-0.15, -0.1) is 13.2 Å². The molecule has 0 fully saturated rings. The standard InChI is InChI=1S/C15H9F3N2OS/c16-15(17,18)21-11-5-3-6-12(8-11)22-14-19-9-10-4-1-2-7-13(10)20-14/h1-9H. The molecular weight excluding hydrogens is 313 g/mol. The molecule has 0 unspecified atom stereocenters. The molecule has 112 valence electrons. The minimum absolute atomic E-state index is 0.265. The van der Waals surface area contributed by atoms with Crippen molar-refractivity contribution >= 4 is 22.7 Å². The van der Waals surface area contributed by atoms with E-state index in [1.165, 1.54) is 30.0 Å². The van der Waals surface area contributed by atoms with E-state index in [1.54, 1.807) is 12.3 Å². The Balaban J connectivity index is 1.83. The zero-order chi connectivity index (χ0) is 15.6. The molecule has 1 heterocycles. The van der Waals surface area contributed by atoms with Crippen molar-refractivity contribution in [3.8, 4) is 5.75 Å². The lowest BCUT2D eigenvalue weighted by Crippen LogP contribution is -2.17. The van der Waals surface area contributed by atoms with E-state index in [4.69, 9.17) is 0 Å². The van der Waals surface area contributed by atoms with Gasteiger partial charge in [-0.1, -0.05) is 24.3 Å². The summed E-state index contributed by atoms with van der Waals surface area (Å²) in [7, 11) is 0. The predicted molar refractivity (Wildman–Crippen MR) is 76.8 cm³/mol. The normalized spacial score (nSPS) is 11.6. The van der Waals surface area contributed by atoms with E-state index < -0.39 is 6.36 Å². The SMILES string of the molecule is FC(F)(F)Oc1cccc(Sc2ncc3ccccc3n2)c1. The Kier molecular flexibility index (Phi) is 3.89. The molecule has 0 saturated carbocycles. The van der Waals surface area contributed by atoms with Gasteiger partial charge < -0.3 is 4.74 Å². The van der Waals surface area contributed by atoms with Crippen molar-refractivity contribution in [3.05, 3.63) is 54.7 Å². The van der Waals surface area contributed by atoms with Gasteiger partial charge in [0.15, 0.2) is 5.16 Å². The Morgan fingerprint density at radius 2 is 1.82 bits per heavy atom. The Hall–Kier alpha value is -2.28. The smallest absolute Gasteiger partial charge is 0.406 e. The van der Waals surface area contributed by atoms with E-state index >= 15 is 0 Å². The molecule has 0 aliphatic rings. The fourth-order valence-electron chi connectivity index (χ4n) is 1.84. The number of para-hydroxylation sites is 1. The van der Waals surface area contributed by atoms with Crippen LogP contribution in [0.4, 0.5) is 13.2 Å². The molecule has 0 saturated heterocycles. The fourth-order valence-corrected chi connectivity index (χ4v) is 2.63. The highest BCUT2D eigenvalue weighted by Gasteiger charge is 2.31. The zero-order valence-corrected chi connectivity index (χ0v) is 11.9. The molecule has 0 radical (unpaired) electrons. The maximum Gasteiger partial charge on any atom is 0.573 e. The van der Waals surface area contributed by atoms with Crippen LogP contribution < -0.4 is 4.74 Å². The molecule has 0 bridgehead atoms. The maximum absolute atomic E-state index is 12.2. The molecule has 0 N–H and O–H groups in total. The summed E-state index contributed by atoms with van der Waals surface area (Å²) in [6.45, 7) is 0. The number of halogens is 3. The van der Waals surface area contributed by atoms with Crippen LogP contribution in [0.1, 0.15) is 0 Å². The van der Waals surface area contributed by atoms with Gasteiger partial charge >= 0.3 is 6.36 Å². The lowest BCUT2D eigenvalue weighted by atomic mass is 10.2. The highest BCUT2D eigenvalue weighted by Crippen LogP contribution is 2.30. The van der Waals surface area contributed by atoms with Crippen molar-refractivity contribution in [2.45, 2.75) is 16.4 Å². The Morgan fingerprint density at radius 1 is 1.00 bits per heavy atom. The van der Waals surface area contributed by atoms with E-state index in [-0.39, 0.29) is 5.75 Å². The van der Waals surface area contributed by atoms with Crippen LogP contribution in [-0.2, 0) is 0 Å². The number of hydrogen-bond acceptors (Lipinski definition) is 4. The second kappa shape index (κ2) is 5.84. The number of nitrogens with zero attached hydrogens (tertiary/aromatic N) is 2. The lowest BCUT2D eigenvalue weighted by molar-refractivity contribution is -0.274. The van der Waals surface area contributed by atoms with Crippen LogP contribution >= 0.6 is 11.8 Å². The summed E-state index contributed by atoms with van der Waals surface area (Å²) < 4.78 is 40.6. The minimum atomic E-state index is -4.71. The third kappa shape index (κ3) is 3.67. The molecule has 3 nitrogen and oxygen atoms in total. The van der Waals surface area contributed by atoms with E-state index in [0.29, 0.717) is 10.1 Å². The third-order valence-electron chi connectivity index (χ3n) is 2.72. The van der Waals surface area contributed by atoms with Crippen molar-refractivity contribution in [1.29, 1.82) is 0 Å². The minimum Gasteiger partial charge on any atom is -0.406 e. The first kappa shape index (κ1) is 14.6. The Morgan fingerprint density at radius 3 is 2.64 bits per heavy atom. The zero-order valence-electron chi connectivity index (χ0n) is 11.0. The number of rotatable bonds is 3. The molecule has 3 rings (SSSR count). The monoisotopic (exact) mass is 322 g/mol. The average molecular weight is 322 g/mol. The van der Waals surface area contributed by atoms with Gasteiger partial charge in [-0.25, -0.2) is 9.97 Å². The highest BCUT2D eigenvalue weighted by atomic mass is 32.2. The molecule has 7 heteroatoms. The molecule has 3 aromatic rings. The first-order chi connectivity index (χ1) is 10.5. The van der Waals surface area contributed by atoms with E-state index in [9.17, 15) is 13.2 Å². The summed E-state index contributed by atoms with van der Waals surface area (Å²) in [5.74, 6) is -0.265. The number of alkyl halides is 3. The summed E-state index contributed by atoms with van der Waals surface area (Å²) >= 11 is 1.17. The van der Waals surface area contributed by atoms with Crippen LogP contribution in [0.15, 0.2) is 64.8 Å². The molecule has 22 heavy (non-hydrogen) atoms. The van der Waals surface area contributed by atoms with E-state index in [0.717, 1.165) is 10.9 Å². The number of hydrogen-bond donors (Lipinski definition) is 0. The van der Waals surface area contributed by atoms with Crippen molar-refractivity contribution in [3.63, 3.8) is 0 Å². The predicted octanol–water partition coefficient (Wildman–Crippen LogP) is 4.68. The highest BCUT2D eigenvalue weighted by molar-refractivity contribution is 7.99. The molecule has 1 aromatic heterocycles. The first-order valence-electron chi connectivity index (χ1n) is 6.25. The van der Waals surface area contributed by atoms with Gasteiger partial charge in [-0.3, -0.25) is 0 Å². The quantitative estimate of drug-likeness (QED) is 0.656. The van der Waals surface area contributed by atoms with Crippen LogP contribution in [0.2, 0.25) is 0 Å². The Bertz CT molecular complexity index is 808. The molecule has 0 amide bonds. The van der Waals surface area contributed by atoms with Gasteiger partial charge in [0.05, 0.1) is 5.52 Å². The van der Waals surface area contributed by atoms with Gasteiger partial charge in [0, 0.05) is 16.5 Å². The molecular formula is C15H9F3N2OS. The van der Waals surface area contributed by atoms with Gasteiger partial charge in [-0.2, -0.15) is 0 Å². The van der Waals surface area contributed by atoms with Crippen molar-refractivity contribution in [2.75, 3.05) is 0 Å². The summed E-state index contributed by atoms with van der Waals surface area (Å²) in [4.78, 5) is 9.13. The molecule has 2 aromatic carbocycles. The third-order valence-corrected chi connectivity index (χ3v) is 3.58. The Labute approximate surface area is 128 Å². The summed E-state index contributed by atoms with van der Waals surface area (Å²) in [6.07, 6.45) is -3.02.